The highest BCUT2D eigenvalue weighted by molar-refractivity contribution is 5.95. The Morgan fingerprint density at radius 3 is 1.18 bits per heavy atom. The predicted octanol–water partition coefficient (Wildman–Crippen LogP) is 6.10. The number of aryl methyl sites for hydroxylation is 1. The van der Waals surface area contributed by atoms with E-state index in [4.69, 9.17) is 39.7 Å². The number of hydrazone groups is 1. The van der Waals surface area contributed by atoms with E-state index < -0.39 is 91.7 Å². The van der Waals surface area contributed by atoms with E-state index in [-0.39, 0.29) is 125 Å². The molecule has 646 valence electrons. The molecule has 0 atom stereocenters. The summed E-state index contributed by atoms with van der Waals surface area (Å²) in [4.78, 5) is 170. The van der Waals surface area contributed by atoms with Gasteiger partial charge in [-0.1, -0.05) is 175 Å². The molecule has 3 saturated heterocycles. The number of halogens is 1. The largest absolute Gasteiger partial charge is 0.480 e. The van der Waals surface area contributed by atoms with Crippen molar-refractivity contribution in [1.29, 1.82) is 0 Å². The maximum absolute atomic E-state index is 12.6. The number of piperazine rings is 3. The van der Waals surface area contributed by atoms with E-state index in [1.165, 1.54) is 5.01 Å². The highest BCUT2D eigenvalue weighted by Gasteiger charge is 2.34. The van der Waals surface area contributed by atoms with Crippen molar-refractivity contribution in [3.05, 3.63) is 214 Å². The SMILES string of the molecule is CC(C)(C)OC(=O)NN1CC(=O)NCC1=O.COC(=O)CN(NC(=O)OC(C)(C)C)C(=O)CNC(=O)OCC1c2ccccc2-c2ccccc21.Cc1ccc(/C=N/N2CC(=O)NCC2=O)cc1.Cl.NN1CC(=O)NCC1=O.O=C(O)CNC(=O)OCC1c2ccccc2-c2ccccc21.O=C(O)CNC(=O)OCC1c2ccccc2-c2ccccc21. The van der Waals surface area contributed by atoms with Crippen LogP contribution in [-0.2, 0) is 76.4 Å². The zero-order chi connectivity index (χ0) is 88.1. The Kier molecular flexibility index (Phi) is 34.8. The second-order valence-electron chi connectivity index (χ2n) is 29.0. The number of nitrogens with two attached hydrogens (primary N) is 1. The van der Waals surface area contributed by atoms with Crippen LogP contribution in [0, 0.1) is 6.92 Å². The standard InChI is InChI=1S/C25H29N3O7.2C17H15NO4.C12H13N3O2.C9H15N3O4.C4H7N3O2.ClH/c1-25(2,3)35-24(32)27-28(14-22(30)33-4)21(29)13-26-23(31)34-15-20-18-11-7-5-9-16(18)17-10-6-8-12-19(17)20;2*19-16(20)9-18-17(21)22-10-15-13-7-3-1-5-11(13)12-6-2-4-8-14(12)15;1-9-2-4-10(5-3-9)6-14-15-8-11(16)13-7-12(15)17;1-9(2,3)16-8(15)11-12-5-6(13)10-4-7(12)14;5-7-2-3(8)6-1-4(7)9;/h5-12,20H,13-15H2,1-4H3,(H,26,31)(H,27,32);2*1-8,15H,9-10H2,(H,18,21)(H,19,20);2-6H,7-8H2,1H3,(H,13,16);4-5H2,1-3H3,(H,10,13)(H,11,15);1-2,5H2,(H,6,8);1H/b;;;14-6+;;;. The summed E-state index contributed by atoms with van der Waals surface area (Å²) in [5.41, 5.74) is 18.4. The van der Waals surface area contributed by atoms with Gasteiger partial charge in [-0.3, -0.25) is 53.0 Å². The van der Waals surface area contributed by atoms with Crippen LogP contribution in [0.3, 0.4) is 0 Å². The number of carbonyl (C=O) groups excluding carboxylic acids is 13. The summed E-state index contributed by atoms with van der Waals surface area (Å²) in [5, 5.41) is 38.7. The van der Waals surface area contributed by atoms with Crippen LogP contribution in [0.4, 0.5) is 24.0 Å². The Balaban J connectivity index is 0.000000209. The molecule has 122 heavy (non-hydrogen) atoms. The zero-order valence-electron chi connectivity index (χ0n) is 67.9. The van der Waals surface area contributed by atoms with E-state index in [2.05, 4.69) is 76.9 Å². The highest BCUT2D eigenvalue weighted by atomic mass is 35.5. The van der Waals surface area contributed by atoms with Gasteiger partial charge in [-0.2, -0.15) is 5.10 Å². The monoisotopic (exact) mass is 1700 g/mol. The number of carbonyl (C=O) groups is 15. The van der Waals surface area contributed by atoms with Crippen molar-refractivity contribution in [3.8, 4) is 33.4 Å². The summed E-state index contributed by atoms with van der Waals surface area (Å²) in [6.07, 6.45) is -2.36. The first-order chi connectivity index (χ1) is 57.5. The highest BCUT2D eigenvalue weighted by Crippen LogP contribution is 2.47. The van der Waals surface area contributed by atoms with Crippen LogP contribution in [0.2, 0.25) is 0 Å². The molecule has 12 amide bonds. The maximum Gasteiger partial charge on any atom is 0.426 e. The number of fused-ring (bicyclic) bond motifs is 9. The number of carboxylic acids is 2. The van der Waals surface area contributed by atoms with Crippen LogP contribution < -0.4 is 48.6 Å². The number of hydrogen-bond donors (Lipinski definition) is 11. The van der Waals surface area contributed by atoms with Crippen LogP contribution in [0.5, 0.6) is 0 Å². The normalized spacial score (nSPS) is 13.9. The van der Waals surface area contributed by atoms with Gasteiger partial charge in [0.25, 0.3) is 23.6 Å². The van der Waals surface area contributed by atoms with Gasteiger partial charge in [-0.25, -0.2) is 55.7 Å². The molecular weight excluding hydrogens is 1610 g/mol. The molecule has 37 nitrogen and oxygen atoms in total. The minimum atomic E-state index is -1.10. The Morgan fingerprint density at radius 1 is 0.475 bits per heavy atom. The van der Waals surface area contributed by atoms with Crippen molar-refractivity contribution >= 4 is 108 Å². The third kappa shape index (κ3) is 29.0. The summed E-state index contributed by atoms with van der Waals surface area (Å²) in [5.74, 6) is -0.396. The number of nitrogens with one attached hydrogen (secondary N) is 8. The van der Waals surface area contributed by atoms with Gasteiger partial charge in [0.2, 0.25) is 17.7 Å². The molecule has 3 heterocycles. The smallest absolute Gasteiger partial charge is 0.426 e. The lowest BCUT2D eigenvalue weighted by molar-refractivity contribution is -0.148. The number of nitrogens with zero attached hydrogens (tertiary/aromatic N) is 5. The van der Waals surface area contributed by atoms with Crippen LogP contribution in [0.25, 0.3) is 33.4 Å². The third-order valence-electron chi connectivity index (χ3n) is 17.8. The minimum absolute atomic E-state index is 0. The zero-order valence-corrected chi connectivity index (χ0v) is 68.7. The van der Waals surface area contributed by atoms with Gasteiger partial charge < -0.3 is 70.5 Å². The number of esters is 1. The number of hydrogen-bond acceptors (Lipinski definition) is 23. The molecule has 0 spiro atoms. The molecule has 7 aromatic rings. The fourth-order valence-corrected chi connectivity index (χ4v) is 12.4. The van der Waals surface area contributed by atoms with Gasteiger partial charge in [0, 0.05) is 17.8 Å². The lowest BCUT2D eigenvalue weighted by Gasteiger charge is -2.28. The molecule has 7 aromatic carbocycles. The summed E-state index contributed by atoms with van der Waals surface area (Å²) in [6.45, 7) is 10.2. The van der Waals surface area contributed by atoms with E-state index >= 15 is 0 Å². The molecule has 3 fully saturated rings. The van der Waals surface area contributed by atoms with Gasteiger partial charge in [0.1, 0.15) is 76.8 Å². The van der Waals surface area contributed by atoms with E-state index in [0.717, 1.165) is 95.0 Å². The van der Waals surface area contributed by atoms with Gasteiger partial charge >= 0.3 is 48.4 Å². The van der Waals surface area contributed by atoms with Crippen LogP contribution in [0.15, 0.2) is 175 Å². The first-order valence-corrected chi connectivity index (χ1v) is 37.7. The fourth-order valence-electron chi connectivity index (χ4n) is 12.4. The van der Waals surface area contributed by atoms with Crippen molar-refractivity contribution in [2.75, 3.05) is 92.4 Å². The van der Waals surface area contributed by atoms with Gasteiger partial charge in [0.05, 0.1) is 33.0 Å². The molecule has 0 unspecified atom stereocenters. The number of alkyl carbamates (subject to hydrolysis) is 3. The van der Waals surface area contributed by atoms with Crippen molar-refractivity contribution in [1.82, 2.24) is 62.8 Å². The van der Waals surface area contributed by atoms with Gasteiger partial charge in [-0.05, 0) is 121 Å². The van der Waals surface area contributed by atoms with Crippen molar-refractivity contribution in [2.24, 2.45) is 10.9 Å². The average molecular weight is 1700 g/mol. The molecule has 0 bridgehead atoms. The number of aliphatic carboxylic acids is 2. The Bertz CT molecular complexity index is 4750. The Labute approximate surface area is 706 Å². The van der Waals surface area contributed by atoms with Crippen molar-refractivity contribution in [2.45, 2.75) is 77.4 Å². The molecule has 6 aliphatic rings. The van der Waals surface area contributed by atoms with Crippen molar-refractivity contribution < 1.29 is 111 Å². The lowest BCUT2D eigenvalue weighted by Crippen LogP contribution is -2.58. The first kappa shape index (κ1) is 94.7. The summed E-state index contributed by atoms with van der Waals surface area (Å²) in [7, 11) is 1.15. The molecule has 0 saturated carbocycles. The maximum atomic E-state index is 12.6. The summed E-state index contributed by atoms with van der Waals surface area (Å²) >= 11 is 0. The van der Waals surface area contributed by atoms with Crippen molar-refractivity contribution in [3.63, 3.8) is 0 Å². The van der Waals surface area contributed by atoms with E-state index in [1.807, 2.05) is 153 Å². The Hall–Kier alpha value is -14.5. The molecule has 3 aliphatic carbocycles. The Morgan fingerprint density at radius 2 is 0.820 bits per heavy atom. The number of ether oxygens (including phenoxy) is 6. The molecule has 0 radical (unpaired) electrons. The second-order valence-corrected chi connectivity index (χ2v) is 29.0. The molecular formula is C84H95ClN14O23. The van der Waals surface area contributed by atoms with Crippen LogP contribution in [0.1, 0.15) is 104 Å². The van der Waals surface area contributed by atoms with Crippen LogP contribution in [-0.4, -0.2) is 230 Å². The first-order valence-electron chi connectivity index (χ1n) is 37.7. The number of rotatable bonds is 17. The average Bonchev–Trinajstić information content (AvgIpc) is 1.63. The van der Waals surface area contributed by atoms with E-state index in [1.54, 1.807) is 47.8 Å². The number of carboxylic acid groups (broad SMARTS) is 2. The number of amides is 12. The minimum Gasteiger partial charge on any atom is -0.480 e. The molecule has 3 aliphatic heterocycles. The number of hydrazine groups is 3. The molecule has 13 rings (SSSR count). The van der Waals surface area contributed by atoms with Gasteiger partial charge in [-0.15, -0.1) is 12.4 Å². The summed E-state index contributed by atoms with van der Waals surface area (Å²) in [6, 6.07) is 55.7. The fraction of sp³-hybridized carbons (Fsp3) is 0.310. The topological polar surface area (TPSA) is 499 Å². The lowest BCUT2D eigenvalue weighted by atomic mass is 9.98. The van der Waals surface area contributed by atoms with E-state index in [0.29, 0.717) is 5.01 Å². The predicted molar refractivity (Wildman–Crippen MR) is 441 cm³/mol. The third-order valence-corrected chi connectivity index (χ3v) is 17.8. The molecule has 0 aromatic heterocycles. The quantitative estimate of drug-likeness (QED) is 0.0122. The van der Waals surface area contributed by atoms with E-state index in [9.17, 15) is 71.9 Å². The number of methoxy groups -OCH3 is 1. The van der Waals surface area contributed by atoms with Gasteiger partial charge in [0.15, 0.2) is 0 Å². The second kappa shape index (κ2) is 44.9. The van der Waals surface area contributed by atoms with Crippen LogP contribution >= 0.6 is 12.4 Å². The summed E-state index contributed by atoms with van der Waals surface area (Å²) < 4.78 is 30.4. The molecule has 38 heteroatoms. The molecule has 12 N–H and O–H groups in total. The number of benzene rings is 7.